The first-order valence-electron chi connectivity index (χ1n) is 11.4. The van der Waals surface area contributed by atoms with E-state index in [9.17, 15) is 10.2 Å². The van der Waals surface area contributed by atoms with E-state index in [1.165, 1.54) is 5.56 Å². The second-order valence-corrected chi connectivity index (χ2v) is 9.76. The van der Waals surface area contributed by atoms with Crippen molar-refractivity contribution in [2.75, 3.05) is 20.1 Å². The minimum atomic E-state index is -1.21. The van der Waals surface area contributed by atoms with Gasteiger partial charge in [0.1, 0.15) is 11.7 Å². The van der Waals surface area contributed by atoms with Gasteiger partial charge in [0.05, 0.1) is 0 Å². The lowest BCUT2D eigenvalue weighted by Crippen LogP contribution is -2.63. The molecule has 33 heavy (non-hydrogen) atoms. The highest BCUT2D eigenvalue weighted by molar-refractivity contribution is 5.45. The molecule has 0 amide bonds. The van der Waals surface area contributed by atoms with Crippen molar-refractivity contribution in [1.82, 2.24) is 9.88 Å². The summed E-state index contributed by atoms with van der Waals surface area (Å²) in [5, 5.41) is 22.7. The van der Waals surface area contributed by atoms with Crippen molar-refractivity contribution >= 4 is 0 Å². The van der Waals surface area contributed by atoms with Crippen molar-refractivity contribution < 1.29 is 10.2 Å². The highest BCUT2D eigenvalue weighted by Gasteiger charge is 2.55. The molecule has 1 aliphatic heterocycles. The average Bonchev–Trinajstić information content (AvgIpc) is 2.81. The van der Waals surface area contributed by atoms with Gasteiger partial charge in [-0.25, -0.2) is 0 Å². The summed E-state index contributed by atoms with van der Waals surface area (Å²) in [4.78, 5) is 6.61. The fraction of sp³-hybridized carbons (Fsp3) is 0.345. The fourth-order valence-electron chi connectivity index (χ4n) is 4.92. The summed E-state index contributed by atoms with van der Waals surface area (Å²) >= 11 is 0. The number of rotatable bonds is 5. The predicted molar refractivity (Wildman–Crippen MR) is 132 cm³/mol. The number of aromatic nitrogens is 1. The Morgan fingerprint density at radius 3 is 2.24 bits per heavy atom. The first kappa shape index (κ1) is 23.2. The van der Waals surface area contributed by atoms with E-state index in [0.717, 1.165) is 29.8 Å². The van der Waals surface area contributed by atoms with Crippen LogP contribution in [0.4, 0.5) is 0 Å². The van der Waals surface area contributed by atoms with Crippen molar-refractivity contribution in [2.45, 2.75) is 38.4 Å². The molecular formula is C29H32N2O2. The number of hydrogen-bond acceptors (Lipinski definition) is 4. The molecule has 170 valence electrons. The van der Waals surface area contributed by atoms with Crippen molar-refractivity contribution in [1.29, 1.82) is 0 Å². The van der Waals surface area contributed by atoms with Gasteiger partial charge in [-0.2, -0.15) is 0 Å². The van der Waals surface area contributed by atoms with Crippen LogP contribution in [0.1, 0.15) is 60.6 Å². The van der Waals surface area contributed by atoms with E-state index >= 15 is 0 Å². The molecule has 4 nitrogen and oxygen atoms in total. The maximum Gasteiger partial charge on any atom is 0.140 e. The maximum absolute atomic E-state index is 12.3. The van der Waals surface area contributed by atoms with Gasteiger partial charge < -0.3 is 15.1 Å². The van der Waals surface area contributed by atoms with E-state index in [2.05, 4.69) is 61.7 Å². The summed E-state index contributed by atoms with van der Waals surface area (Å²) in [6.07, 6.45) is 2.53. The Kier molecular flexibility index (Phi) is 6.41. The van der Waals surface area contributed by atoms with Crippen LogP contribution in [-0.4, -0.2) is 40.2 Å². The SMILES string of the molecule is CC(C)c1ccc(C(O)(c2cncc(C#CC(O)c3ccccc3)c2)C2(C)CN(C)C2)cc1. The Labute approximate surface area is 196 Å². The molecule has 3 aromatic rings. The van der Waals surface area contributed by atoms with Crippen LogP contribution >= 0.6 is 0 Å². The molecule has 0 saturated carbocycles. The zero-order chi connectivity index (χ0) is 23.6. The van der Waals surface area contributed by atoms with E-state index in [1.807, 2.05) is 48.5 Å². The van der Waals surface area contributed by atoms with Crippen LogP contribution in [0.2, 0.25) is 0 Å². The van der Waals surface area contributed by atoms with Crippen molar-refractivity contribution in [3.8, 4) is 11.8 Å². The van der Waals surface area contributed by atoms with Crippen LogP contribution in [0, 0.1) is 17.3 Å². The predicted octanol–water partition coefficient (Wildman–Crippen LogP) is 4.48. The number of aliphatic hydroxyl groups excluding tert-OH is 1. The van der Waals surface area contributed by atoms with Crippen LogP contribution in [-0.2, 0) is 5.60 Å². The molecule has 4 rings (SSSR count). The fourth-order valence-corrected chi connectivity index (χ4v) is 4.92. The third-order valence-corrected chi connectivity index (χ3v) is 6.73. The Bertz CT molecular complexity index is 1160. The van der Waals surface area contributed by atoms with Crippen molar-refractivity contribution in [3.63, 3.8) is 0 Å². The molecule has 2 aromatic carbocycles. The van der Waals surface area contributed by atoms with Crippen LogP contribution in [0.25, 0.3) is 0 Å². The number of pyridine rings is 1. The van der Waals surface area contributed by atoms with Crippen molar-refractivity contribution in [3.05, 3.63) is 101 Å². The molecule has 1 fully saturated rings. The number of likely N-dealkylation sites (tertiary alicyclic amines) is 1. The molecule has 0 radical (unpaired) electrons. The van der Waals surface area contributed by atoms with Gasteiger partial charge >= 0.3 is 0 Å². The lowest BCUT2D eigenvalue weighted by molar-refractivity contribution is -0.127. The third-order valence-electron chi connectivity index (χ3n) is 6.73. The second-order valence-electron chi connectivity index (χ2n) is 9.76. The Morgan fingerprint density at radius 1 is 0.970 bits per heavy atom. The molecule has 1 saturated heterocycles. The summed E-state index contributed by atoms with van der Waals surface area (Å²) in [7, 11) is 2.06. The van der Waals surface area contributed by atoms with Gasteiger partial charge in [0.15, 0.2) is 0 Å². The number of hydrogen-bond donors (Lipinski definition) is 2. The summed E-state index contributed by atoms with van der Waals surface area (Å²) in [5.41, 5.74) is 2.66. The van der Waals surface area contributed by atoms with Crippen molar-refractivity contribution in [2.24, 2.45) is 5.41 Å². The van der Waals surface area contributed by atoms with E-state index in [1.54, 1.807) is 12.4 Å². The molecule has 0 bridgehead atoms. The number of benzene rings is 2. The van der Waals surface area contributed by atoms with E-state index in [4.69, 9.17) is 0 Å². The van der Waals surface area contributed by atoms with Gasteiger partial charge in [-0.3, -0.25) is 4.98 Å². The molecule has 1 aliphatic rings. The third kappa shape index (κ3) is 4.45. The van der Waals surface area contributed by atoms with E-state index in [0.29, 0.717) is 11.5 Å². The topological polar surface area (TPSA) is 56.6 Å². The molecule has 2 N–H and O–H groups in total. The van der Waals surface area contributed by atoms with Crippen LogP contribution in [0.5, 0.6) is 0 Å². The standard InChI is InChI=1S/C29H32N2O2/c1-21(2)23-11-13-25(14-12-23)29(33,28(3)19-31(4)20-28)26-16-22(17-30-18-26)10-15-27(32)24-8-6-5-7-9-24/h5-9,11-14,16-18,21,27,32-33H,19-20H2,1-4H3. The van der Waals surface area contributed by atoms with Gasteiger partial charge in [0, 0.05) is 42.0 Å². The summed E-state index contributed by atoms with van der Waals surface area (Å²) in [6, 6.07) is 19.5. The highest BCUT2D eigenvalue weighted by Crippen LogP contribution is 2.50. The normalized spacial score (nSPS) is 18.0. The molecule has 2 atom stereocenters. The first-order chi connectivity index (χ1) is 15.7. The number of nitrogens with zero attached hydrogens (tertiary/aromatic N) is 2. The quantitative estimate of drug-likeness (QED) is 0.575. The molecular weight excluding hydrogens is 408 g/mol. The second kappa shape index (κ2) is 9.11. The van der Waals surface area contributed by atoms with Crippen LogP contribution in [0.3, 0.4) is 0 Å². The van der Waals surface area contributed by atoms with E-state index < -0.39 is 11.7 Å². The molecule has 1 aromatic heterocycles. The summed E-state index contributed by atoms with van der Waals surface area (Å²) in [6.45, 7) is 8.01. The zero-order valence-electron chi connectivity index (χ0n) is 19.8. The Hall–Kier alpha value is -2.97. The van der Waals surface area contributed by atoms with Gasteiger partial charge in [-0.15, -0.1) is 0 Å². The van der Waals surface area contributed by atoms with Gasteiger partial charge in [-0.05, 0) is 35.7 Å². The molecule has 0 spiro atoms. The largest absolute Gasteiger partial charge is 0.380 e. The zero-order valence-corrected chi connectivity index (χ0v) is 19.8. The van der Waals surface area contributed by atoms with Gasteiger partial charge in [-0.1, -0.05) is 87.2 Å². The average molecular weight is 441 g/mol. The monoisotopic (exact) mass is 440 g/mol. The maximum atomic E-state index is 12.3. The lowest BCUT2D eigenvalue weighted by atomic mass is 9.62. The van der Waals surface area contributed by atoms with Gasteiger partial charge in [0.25, 0.3) is 0 Å². The molecule has 2 heterocycles. The van der Waals surface area contributed by atoms with Crippen LogP contribution in [0.15, 0.2) is 73.1 Å². The molecule has 0 aliphatic carbocycles. The molecule has 4 heteroatoms. The van der Waals surface area contributed by atoms with Crippen LogP contribution < -0.4 is 0 Å². The molecule has 2 unspecified atom stereocenters. The van der Waals surface area contributed by atoms with Gasteiger partial charge in [0.2, 0.25) is 0 Å². The minimum absolute atomic E-state index is 0.363. The Morgan fingerprint density at radius 2 is 1.64 bits per heavy atom. The Balaban J connectivity index is 1.72. The first-order valence-corrected chi connectivity index (χ1v) is 11.4. The van der Waals surface area contributed by atoms with E-state index in [-0.39, 0.29) is 5.41 Å². The number of aliphatic hydroxyl groups is 2. The highest BCUT2D eigenvalue weighted by atomic mass is 16.3. The smallest absolute Gasteiger partial charge is 0.140 e. The summed E-state index contributed by atoms with van der Waals surface area (Å²) in [5.74, 6) is 6.37. The minimum Gasteiger partial charge on any atom is -0.380 e. The summed E-state index contributed by atoms with van der Waals surface area (Å²) < 4.78 is 0. The lowest BCUT2D eigenvalue weighted by Gasteiger charge is -2.55.